The second-order valence-corrected chi connectivity index (χ2v) is 6.43. The summed E-state index contributed by atoms with van der Waals surface area (Å²) in [7, 11) is 5.67. The zero-order valence-corrected chi connectivity index (χ0v) is 13.8. The summed E-state index contributed by atoms with van der Waals surface area (Å²) in [6.07, 6.45) is 2.41. The molecule has 0 aromatic heterocycles. The van der Waals surface area contributed by atoms with Gasteiger partial charge in [0.15, 0.2) is 0 Å². The number of benzene rings is 1. The number of hydrogen-bond acceptors (Lipinski definition) is 3. The first-order valence-corrected chi connectivity index (χ1v) is 7.79. The van der Waals surface area contributed by atoms with Crippen LogP contribution in [-0.4, -0.2) is 56.5 Å². The first-order valence-electron chi connectivity index (χ1n) is 7.41. The average molecular weight is 310 g/mol. The quantitative estimate of drug-likeness (QED) is 0.929. The molecule has 5 heteroatoms. The molecule has 1 aromatic rings. The zero-order valence-electron chi connectivity index (χ0n) is 13.0. The van der Waals surface area contributed by atoms with Crippen LogP contribution in [0.2, 0.25) is 5.02 Å². The van der Waals surface area contributed by atoms with Gasteiger partial charge >= 0.3 is 0 Å². The fraction of sp³-hybridized carbons (Fsp3) is 0.562. The standard InChI is InChI=1S/C16H24ClN3O/c1-19(2)16(21)13-4-5-14(17)15(10-13)18-11-12-6-8-20(3)9-7-12/h4-5,10,12,18H,6-9,11H2,1-3H3. The summed E-state index contributed by atoms with van der Waals surface area (Å²) in [6.45, 7) is 3.21. The van der Waals surface area contributed by atoms with Crippen molar-refractivity contribution in [1.82, 2.24) is 9.80 Å². The summed E-state index contributed by atoms with van der Waals surface area (Å²) in [4.78, 5) is 15.9. The van der Waals surface area contributed by atoms with Crippen LogP contribution in [0.1, 0.15) is 23.2 Å². The third-order valence-corrected chi connectivity index (χ3v) is 4.37. The number of carbonyl (C=O) groups is 1. The van der Waals surface area contributed by atoms with Crippen LogP contribution >= 0.6 is 11.6 Å². The van der Waals surface area contributed by atoms with Gasteiger partial charge in [0.25, 0.3) is 5.91 Å². The molecular weight excluding hydrogens is 286 g/mol. The van der Waals surface area contributed by atoms with E-state index < -0.39 is 0 Å². The summed E-state index contributed by atoms with van der Waals surface area (Å²) >= 11 is 6.23. The fourth-order valence-corrected chi connectivity index (χ4v) is 2.76. The molecule has 1 aromatic carbocycles. The minimum Gasteiger partial charge on any atom is -0.384 e. The molecule has 0 saturated carbocycles. The Hall–Kier alpha value is -1.26. The topological polar surface area (TPSA) is 35.6 Å². The molecule has 1 saturated heterocycles. The Labute approximate surface area is 132 Å². The number of anilines is 1. The number of likely N-dealkylation sites (tertiary alicyclic amines) is 1. The van der Waals surface area contributed by atoms with Crippen LogP contribution in [0.4, 0.5) is 5.69 Å². The van der Waals surface area contributed by atoms with Crippen molar-refractivity contribution in [2.75, 3.05) is 46.1 Å². The zero-order chi connectivity index (χ0) is 15.4. The molecule has 1 aliphatic rings. The fourth-order valence-electron chi connectivity index (χ4n) is 2.57. The van der Waals surface area contributed by atoms with Gasteiger partial charge in [-0.05, 0) is 57.1 Å². The predicted molar refractivity (Wildman–Crippen MR) is 88.2 cm³/mol. The molecule has 21 heavy (non-hydrogen) atoms. The molecule has 0 bridgehead atoms. The van der Waals surface area contributed by atoms with Crippen molar-refractivity contribution < 1.29 is 4.79 Å². The van der Waals surface area contributed by atoms with Gasteiger partial charge in [-0.3, -0.25) is 4.79 Å². The van der Waals surface area contributed by atoms with Gasteiger partial charge in [0.1, 0.15) is 0 Å². The van der Waals surface area contributed by atoms with Crippen LogP contribution in [0.3, 0.4) is 0 Å². The first kappa shape index (κ1) is 16.1. The van der Waals surface area contributed by atoms with Gasteiger partial charge in [-0.25, -0.2) is 0 Å². The maximum atomic E-state index is 12.0. The summed E-state index contributed by atoms with van der Waals surface area (Å²) in [5.74, 6) is 0.666. The minimum atomic E-state index is -0.00555. The number of piperidine rings is 1. The minimum absolute atomic E-state index is 0.00555. The molecule has 0 radical (unpaired) electrons. The van der Waals surface area contributed by atoms with Crippen LogP contribution in [-0.2, 0) is 0 Å². The lowest BCUT2D eigenvalue weighted by molar-refractivity contribution is 0.0827. The van der Waals surface area contributed by atoms with Crippen molar-refractivity contribution in [3.05, 3.63) is 28.8 Å². The molecule has 116 valence electrons. The second kappa shape index (κ2) is 7.14. The number of halogens is 1. The maximum Gasteiger partial charge on any atom is 0.253 e. The molecule has 1 N–H and O–H groups in total. The van der Waals surface area contributed by atoms with Gasteiger partial charge in [0.2, 0.25) is 0 Å². The van der Waals surface area contributed by atoms with E-state index in [9.17, 15) is 4.79 Å². The largest absolute Gasteiger partial charge is 0.384 e. The molecule has 0 aliphatic carbocycles. The van der Waals surface area contributed by atoms with E-state index in [0.717, 1.165) is 25.3 Å². The Morgan fingerprint density at radius 1 is 1.38 bits per heavy atom. The molecule has 0 atom stereocenters. The van der Waals surface area contributed by atoms with Crippen molar-refractivity contribution in [2.45, 2.75) is 12.8 Å². The number of rotatable bonds is 4. The van der Waals surface area contributed by atoms with Crippen LogP contribution in [0.15, 0.2) is 18.2 Å². The lowest BCUT2D eigenvalue weighted by Gasteiger charge is -2.29. The third kappa shape index (κ3) is 4.35. The number of amides is 1. The van der Waals surface area contributed by atoms with Gasteiger partial charge in [-0.15, -0.1) is 0 Å². The molecule has 1 fully saturated rings. The van der Waals surface area contributed by atoms with Gasteiger partial charge in [-0.2, -0.15) is 0 Å². The van der Waals surface area contributed by atoms with Gasteiger partial charge < -0.3 is 15.1 Å². The Kier molecular flexibility index (Phi) is 5.48. The molecular formula is C16H24ClN3O. The lowest BCUT2D eigenvalue weighted by Crippen LogP contribution is -2.33. The second-order valence-electron chi connectivity index (χ2n) is 6.02. The molecule has 1 heterocycles. The van der Waals surface area contributed by atoms with Crippen molar-refractivity contribution in [3.8, 4) is 0 Å². The van der Waals surface area contributed by atoms with Crippen LogP contribution in [0.25, 0.3) is 0 Å². The highest BCUT2D eigenvalue weighted by atomic mass is 35.5. The molecule has 1 aliphatic heterocycles. The summed E-state index contributed by atoms with van der Waals surface area (Å²) in [5.41, 5.74) is 1.51. The first-order chi connectivity index (χ1) is 9.97. The normalized spacial score (nSPS) is 16.8. The SMILES string of the molecule is CN1CCC(CNc2cc(C(=O)N(C)C)ccc2Cl)CC1. The molecule has 0 spiro atoms. The highest BCUT2D eigenvalue weighted by Crippen LogP contribution is 2.25. The van der Waals surface area contributed by atoms with E-state index in [2.05, 4.69) is 17.3 Å². The average Bonchev–Trinajstić information content (AvgIpc) is 2.47. The van der Waals surface area contributed by atoms with Crippen molar-refractivity contribution in [1.29, 1.82) is 0 Å². The third-order valence-electron chi connectivity index (χ3n) is 4.04. The van der Waals surface area contributed by atoms with E-state index in [1.807, 2.05) is 6.07 Å². The molecule has 1 amide bonds. The van der Waals surface area contributed by atoms with Crippen molar-refractivity contribution in [2.24, 2.45) is 5.92 Å². The smallest absolute Gasteiger partial charge is 0.253 e. The van der Waals surface area contributed by atoms with E-state index in [-0.39, 0.29) is 5.91 Å². The van der Waals surface area contributed by atoms with Gasteiger partial charge in [0, 0.05) is 26.2 Å². The van der Waals surface area contributed by atoms with E-state index in [4.69, 9.17) is 11.6 Å². The Bertz CT molecular complexity index is 496. The van der Waals surface area contributed by atoms with Crippen molar-refractivity contribution in [3.63, 3.8) is 0 Å². The lowest BCUT2D eigenvalue weighted by atomic mass is 9.97. The molecule has 0 unspecified atom stereocenters. The number of nitrogens with one attached hydrogen (secondary N) is 1. The molecule has 2 rings (SSSR count). The van der Waals surface area contributed by atoms with E-state index >= 15 is 0 Å². The van der Waals surface area contributed by atoms with Crippen LogP contribution in [0.5, 0.6) is 0 Å². The van der Waals surface area contributed by atoms with E-state index in [1.54, 1.807) is 31.1 Å². The summed E-state index contributed by atoms with van der Waals surface area (Å²) in [6, 6.07) is 5.40. The highest BCUT2D eigenvalue weighted by Gasteiger charge is 2.17. The number of nitrogens with zero attached hydrogens (tertiary/aromatic N) is 2. The van der Waals surface area contributed by atoms with Crippen LogP contribution < -0.4 is 5.32 Å². The van der Waals surface area contributed by atoms with Crippen molar-refractivity contribution >= 4 is 23.2 Å². The van der Waals surface area contributed by atoms with E-state index in [0.29, 0.717) is 16.5 Å². The molecule has 4 nitrogen and oxygen atoms in total. The summed E-state index contributed by atoms with van der Waals surface area (Å²) < 4.78 is 0. The number of carbonyl (C=O) groups excluding carboxylic acids is 1. The Morgan fingerprint density at radius 2 is 2.05 bits per heavy atom. The Morgan fingerprint density at radius 3 is 2.67 bits per heavy atom. The Balaban J connectivity index is 1.99. The van der Waals surface area contributed by atoms with Gasteiger partial charge in [0.05, 0.1) is 10.7 Å². The highest BCUT2D eigenvalue weighted by molar-refractivity contribution is 6.33. The predicted octanol–water partition coefficient (Wildman–Crippen LogP) is 2.80. The number of hydrogen-bond donors (Lipinski definition) is 1. The van der Waals surface area contributed by atoms with E-state index in [1.165, 1.54) is 12.8 Å². The maximum absolute atomic E-state index is 12.0. The summed E-state index contributed by atoms with van der Waals surface area (Å²) in [5, 5.41) is 4.08. The van der Waals surface area contributed by atoms with Gasteiger partial charge in [-0.1, -0.05) is 11.6 Å². The monoisotopic (exact) mass is 309 g/mol. The van der Waals surface area contributed by atoms with Crippen LogP contribution in [0, 0.1) is 5.92 Å².